The monoisotopic (exact) mass is 467 g/mol. The molecule has 168 valence electrons. The Labute approximate surface area is 194 Å². The number of hydrogen-bond donors (Lipinski definition) is 0. The molecule has 0 atom stereocenters. The van der Waals surface area contributed by atoms with Crippen LogP contribution in [0.3, 0.4) is 0 Å². The van der Waals surface area contributed by atoms with E-state index in [0.717, 1.165) is 0 Å². The Morgan fingerprint density at radius 3 is 2.52 bits per heavy atom. The van der Waals surface area contributed by atoms with Crippen LogP contribution in [0.1, 0.15) is 16.7 Å². The number of ether oxygens (including phenoxy) is 4. The third kappa shape index (κ3) is 4.99. The van der Waals surface area contributed by atoms with E-state index in [1.165, 1.54) is 20.3 Å². The van der Waals surface area contributed by atoms with Crippen LogP contribution < -0.4 is 14.2 Å². The van der Waals surface area contributed by atoms with E-state index < -0.39 is 5.97 Å². The van der Waals surface area contributed by atoms with Crippen LogP contribution in [0, 0.1) is 5.82 Å². The van der Waals surface area contributed by atoms with Crippen LogP contribution in [0.15, 0.2) is 71.4 Å². The lowest BCUT2D eigenvalue weighted by molar-refractivity contribution is -0.129. The third-order valence-electron chi connectivity index (χ3n) is 4.84. The van der Waals surface area contributed by atoms with Gasteiger partial charge in [-0.05, 0) is 48.0 Å². The molecule has 0 spiro atoms. The Bertz CT molecular complexity index is 1270. The first-order chi connectivity index (χ1) is 16.0. The SMILES string of the molecule is COc1cc(C=C2N=C(c3cc(Cl)ccc3OC)OC2=O)ccc1OCc1ccccc1F. The molecule has 4 rings (SSSR count). The lowest BCUT2D eigenvalue weighted by atomic mass is 10.1. The largest absolute Gasteiger partial charge is 0.496 e. The molecule has 0 N–H and O–H groups in total. The molecule has 8 heteroatoms. The summed E-state index contributed by atoms with van der Waals surface area (Å²) in [6, 6.07) is 16.4. The Balaban J connectivity index is 1.58. The van der Waals surface area contributed by atoms with Crippen molar-refractivity contribution in [1.82, 2.24) is 0 Å². The summed E-state index contributed by atoms with van der Waals surface area (Å²) in [7, 11) is 3.00. The van der Waals surface area contributed by atoms with Gasteiger partial charge in [0, 0.05) is 10.6 Å². The Morgan fingerprint density at radius 2 is 1.76 bits per heavy atom. The standard InChI is InChI=1S/C25H19ClFNO5/c1-30-21-10-8-17(26)13-18(21)24-28-20(25(29)33-24)11-15-7-9-22(23(12-15)31-2)32-14-16-5-3-4-6-19(16)27/h3-13H,14H2,1-2H3. The number of hydrogen-bond acceptors (Lipinski definition) is 6. The second-order valence-corrected chi connectivity index (χ2v) is 7.41. The second kappa shape index (κ2) is 9.75. The molecule has 33 heavy (non-hydrogen) atoms. The predicted molar refractivity (Wildman–Crippen MR) is 122 cm³/mol. The van der Waals surface area contributed by atoms with Crippen molar-refractivity contribution in [1.29, 1.82) is 0 Å². The number of aliphatic imine (C=N–C) groups is 1. The molecular weight excluding hydrogens is 449 g/mol. The number of carbonyl (C=O) groups excluding carboxylic acids is 1. The highest BCUT2D eigenvalue weighted by atomic mass is 35.5. The highest BCUT2D eigenvalue weighted by Crippen LogP contribution is 2.31. The molecule has 0 fully saturated rings. The van der Waals surface area contributed by atoms with Gasteiger partial charge in [0.1, 0.15) is 18.2 Å². The van der Waals surface area contributed by atoms with Crippen molar-refractivity contribution in [3.05, 3.63) is 93.9 Å². The number of nitrogens with zero attached hydrogens (tertiary/aromatic N) is 1. The van der Waals surface area contributed by atoms with Crippen molar-refractivity contribution >= 4 is 29.5 Å². The smallest absolute Gasteiger partial charge is 0.363 e. The van der Waals surface area contributed by atoms with Gasteiger partial charge in [0.2, 0.25) is 5.90 Å². The first kappa shape index (κ1) is 22.4. The van der Waals surface area contributed by atoms with E-state index in [9.17, 15) is 9.18 Å². The maximum Gasteiger partial charge on any atom is 0.363 e. The zero-order chi connectivity index (χ0) is 23.4. The molecule has 0 radical (unpaired) electrons. The number of benzene rings is 3. The van der Waals surface area contributed by atoms with E-state index >= 15 is 0 Å². The molecule has 1 aliphatic heterocycles. The summed E-state index contributed by atoms with van der Waals surface area (Å²) in [5.74, 6) is 0.485. The van der Waals surface area contributed by atoms with Gasteiger partial charge < -0.3 is 18.9 Å². The fraction of sp³-hybridized carbons (Fsp3) is 0.120. The van der Waals surface area contributed by atoms with Gasteiger partial charge in [0.15, 0.2) is 17.2 Å². The Morgan fingerprint density at radius 1 is 1.00 bits per heavy atom. The molecule has 0 unspecified atom stereocenters. The van der Waals surface area contributed by atoms with Gasteiger partial charge in [-0.3, -0.25) is 0 Å². The zero-order valence-electron chi connectivity index (χ0n) is 17.8. The van der Waals surface area contributed by atoms with Gasteiger partial charge >= 0.3 is 5.97 Å². The molecule has 0 saturated heterocycles. The number of carbonyl (C=O) groups is 1. The van der Waals surface area contributed by atoms with E-state index in [1.54, 1.807) is 60.7 Å². The van der Waals surface area contributed by atoms with Crippen LogP contribution in [0.25, 0.3) is 6.08 Å². The van der Waals surface area contributed by atoms with Crippen molar-refractivity contribution in [2.75, 3.05) is 14.2 Å². The average Bonchev–Trinajstić information content (AvgIpc) is 3.18. The first-order valence-electron chi connectivity index (χ1n) is 9.89. The van der Waals surface area contributed by atoms with E-state index in [-0.39, 0.29) is 24.0 Å². The normalized spacial score (nSPS) is 14.1. The van der Waals surface area contributed by atoms with Gasteiger partial charge in [-0.25, -0.2) is 14.2 Å². The van der Waals surface area contributed by atoms with Gasteiger partial charge in [-0.15, -0.1) is 0 Å². The number of esters is 1. The molecule has 1 heterocycles. The average molecular weight is 468 g/mol. The maximum atomic E-state index is 13.8. The van der Waals surface area contributed by atoms with E-state index in [2.05, 4.69) is 4.99 Å². The number of methoxy groups -OCH3 is 2. The molecule has 0 saturated carbocycles. The number of cyclic esters (lactones) is 1. The van der Waals surface area contributed by atoms with Gasteiger partial charge in [-0.1, -0.05) is 35.9 Å². The van der Waals surface area contributed by atoms with Crippen LogP contribution in [0.5, 0.6) is 17.2 Å². The minimum absolute atomic E-state index is 0.0465. The van der Waals surface area contributed by atoms with Gasteiger partial charge in [-0.2, -0.15) is 0 Å². The Kier molecular flexibility index (Phi) is 6.60. The summed E-state index contributed by atoms with van der Waals surface area (Å²) in [5, 5.41) is 0.456. The third-order valence-corrected chi connectivity index (χ3v) is 5.08. The maximum absolute atomic E-state index is 13.8. The topological polar surface area (TPSA) is 66.3 Å². The summed E-state index contributed by atoms with van der Waals surface area (Å²) < 4.78 is 35.6. The fourth-order valence-corrected chi connectivity index (χ4v) is 3.37. The van der Waals surface area contributed by atoms with Crippen molar-refractivity contribution in [2.45, 2.75) is 6.61 Å². The molecule has 6 nitrogen and oxygen atoms in total. The second-order valence-electron chi connectivity index (χ2n) is 6.97. The number of rotatable bonds is 7. The predicted octanol–water partition coefficient (Wildman–Crippen LogP) is 5.42. The summed E-state index contributed by atoms with van der Waals surface area (Å²) in [4.78, 5) is 16.7. The molecule has 0 bridgehead atoms. The van der Waals surface area contributed by atoms with Crippen LogP contribution in [0.4, 0.5) is 4.39 Å². The minimum Gasteiger partial charge on any atom is -0.496 e. The van der Waals surface area contributed by atoms with E-state index in [1.807, 2.05) is 0 Å². The molecule has 0 aliphatic carbocycles. The summed E-state index contributed by atoms with van der Waals surface area (Å²) in [6.07, 6.45) is 1.57. The van der Waals surface area contributed by atoms with E-state index in [0.29, 0.717) is 39.0 Å². The Hall–Kier alpha value is -3.84. The zero-order valence-corrected chi connectivity index (χ0v) is 18.6. The lowest BCUT2D eigenvalue weighted by Crippen LogP contribution is -2.07. The van der Waals surface area contributed by atoms with Crippen molar-refractivity contribution in [3.8, 4) is 17.2 Å². The first-order valence-corrected chi connectivity index (χ1v) is 10.3. The van der Waals surface area contributed by atoms with Crippen LogP contribution in [-0.4, -0.2) is 26.1 Å². The van der Waals surface area contributed by atoms with Crippen molar-refractivity contribution in [3.63, 3.8) is 0 Å². The molecular formula is C25H19ClFNO5. The lowest BCUT2D eigenvalue weighted by Gasteiger charge is -2.12. The van der Waals surface area contributed by atoms with Crippen molar-refractivity contribution in [2.24, 2.45) is 4.99 Å². The van der Waals surface area contributed by atoms with Crippen LogP contribution >= 0.6 is 11.6 Å². The van der Waals surface area contributed by atoms with Crippen LogP contribution in [0.2, 0.25) is 5.02 Å². The quantitative estimate of drug-likeness (QED) is 0.343. The fourth-order valence-electron chi connectivity index (χ4n) is 3.19. The summed E-state index contributed by atoms with van der Waals surface area (Å²) >= 11 is 6.06. The molecule has 0 aromatic heterocycles. The summed E-state index contributed by atoms with van der Waals surface area (Å²) in [5.41, 5.74) is 1.64. The van der Waals surface area contributed by atoms with Crippen LogP contribution in [-0.2, 0) is 16.1 Å². The molecule has 0 amide bonds. The van der Waals surface area contributed by atoms with Gasteiger partial charge in [0.25, 0.3) is 0 Å². The minimum atomic E-state index is -0.606. The highest BCUT2D eigenvalue weighted by molar-refractivity contribution is 6.31. The van der Waals surface area contributed by atoms with E-state index in [4.69, 9.17) is 30.5 Å². The van der Waals surface area contributed by atoms with Gasteiger partial charge in [0.05, 0.1) is 19.8 Å². The number of halogens is 2. The molecule has 1 aliphatic rings. The molecule has 3 aromatic carbocycles. The molecule has 3 aromatic rings. The summed E-state index contributed by atoms with van der Waals surface area (Å²) in [6.45, 7) is 0.0465. The van der Waals surface area contributed by atoms with Crippen molar-refractivity contribution < 1.29 is 28.1 Å². The highest BCUT2D eigenvalue weighted by Gasteiger charge is 2.26.